The molecule has 2 saturated heterocycles. The van der Waals surface area contributed by atoms with Gasteiger partial charge in [0.25, 0.3) is 0 Å². The smallest absolute Gasteiger partial charge is 0.249 e. The van der Waals surface area contributed by atoms with Crippen molar-refractivity contribution in [1.29, 1.82) is 0 Å². The van der Waals surface area contributed by atoms with E-state index < -0.39 is 11.6 Å². The maximum absolute atomic E-state index is 12.5. The molecule has 124 valence electrons. The van der Waals surface area contributed by atoms with Gasteiger partial charge < -0.3 is 20.7 Å². The predicted octanol–water partition coefficient (Wildman–Crippen LogP) is 1.07. The second-order valence-electron chi connectivity index (χ2n) is 6.05. The second-order valence-corrected chi connectivity index (χ2v) is 6.49. The Morgan fingerprint density at radius 2 is 2.13 bits per heavy atom. The standard InChI is InChI=1S/C16H20ClN3O3/c17-11-2-1-3-12(10-11)20-7-4-13(14(20)21)19-15(22)16(18)5-8-23-9-6-16/h1-3,10,13H,4-9,18H2,(H,19,22). The van der Waals surface area contributed by atoms with E-state index in [1.165, 1.54) is 0 Å². The first-order valence-corrected chi connectivity index (χ1v) is 8.12. The van der Waals surface area contributed by atoms with Crippen molar-refractivity contribution in [3.05, 3.63) is 29.3 Å². The van der Waals surface area contributed by atoms with Crippen LogP contribution in [0.1, 0.15) is 19.3 Å². The third-order valence-electron chi connectivity index (χ3n) is 4.47. The number of anilines is 1. The number of carbonyl (C=O) groups excluding carboxylic acids is 2. The van der Waals surface area contributed by atoms with Gasteiger partial charge >= 0.3 is 0 Å². The highest BCUT2D eigenvalue weighted by molar-refractivity contribution is 6.31. The summed E-state index contributed by atoms with van der Waals surface area (Å²) >= 11 is 5.98. The number of hydrogen-bond acceptors (Lipinski definition) is 4. The molecule has 0 radical (unpaired) electrons. The van der Waals surface area contributed by atoms with Crippen LogP contribution in [0.2, 0.25) is 5.02 Å². The Balaban J connectivity index is 1.66. The first-order chi connectivity index (χ1) is 11.0. The van der Waals surface area contributed by atoms with Gasteiger partial charge in [-0.3, -0.25) is 9.59 Å². The van der Waals surface area contributed by atoms with Crippen molar-refractivity contribution in [3.8, 4) is 0 Å². The molecule has 0 aromatic heterocycles. The van der Waals surface area contributed by atoms with Gasteiger partial charge in [-0.1, -0.05) is 17.7 Å². The summed E-state index contributed by atoms with van der Waals surface area (Å²) in [5, 5.41) is 3.38. The van der Waals surface area contributed by atoms with E-state index >= 15 is 0 Å². The zero-order valence-electron chi connectivity index (χ0n) is 12.8. The Bertz CT molecular complexity index is 616. The number of nitrogens with zero attached hydrogens (tertiary/aromatic N) is 1. The van der Waals surface area contributed by atoms with Crippen LogP contribution in [0.5, 0.6) is 0 Å². The zero-order valence-corrected chi connectivity index (χ0v) is 13.5. The molecule has 2 heterocycles. The van der Waals surface area contributed by atoms with Crippen molar-refractivity contribution in [3.63, 3.8) is 0 Å². The average Bonchev–Trinajstić information content (AvgIpc) is 2.89. The minimum atomic E-state index is -0.942. The van der Waals surface area contributed by atoms with E-state index in [9.17, 15) is 9.59 Å². The molecule has 0 spiro atoms. The van der Waals surface area contributed by atoms with E-state index in [0.29, 0.717) is 44.0 Å². The molecule has 0 bridgehead atoms. The number of nitrogens with one attached hydrogen (secondary N) is 1. The molecule has 2 amide bonds. The largest absolute Gasteiger partial charge is 0.381 e. The topological polar surface area (TPSA) is 84.7 Å². The lowest BCUT2D eigenvalue weighted by Gasteiger charge is -2.32. The monoisotopic (exact) mass is 337 g/mol. The summed E-state index contributed by atoms with van der Waals surface area (Å²) in [4.78, 5) is 26.6. The number of carbonyl (C=O) groups is 2. The third kappa shape index (κ3) is 3.34. The second kappa shape index (κ2) is 6.47. The summed E-state index contributed by atoms with van der Waals surface area (Å²) in [5.41, 5.74) is 5.96. The fraction of sp³-hybridized carbons (Fsp3) is 0.500. The van der Waals surface area contributed by atoms with Crippen LogP contribution in [0.4, 0.5) is 5.69 Å². The highest BCUT2D eigenvalue weighted by Gasteiger charge is 2.40. The fourth-order valence-corrected chi connectivity index (χ4v) is 3.16. The number of ether oxygens (including phenoxy) is 1. The van der Waals surface area contributed by atoms with Crippen LogP contribution in [0, 0.1) is 0 Å². The number of rotatable bonds is 3. The summed E-state index contributed by atoms with van der Waals surface area (Å²) in [7, 11) is 0. The number of benzene rings is 1. The number of nitrogens with two attached hydrogens (primary N) is 1. The lowest BCUT2D eigenvalue weighted by molar-refractivity contribution is -0.132. The Morgan fingerprint density at radius 1 is 1.39 bits per heavy atom. The maximum Gasteiger partial charge on any atom is 0.249 e. The molecule has 1 atom stereocenters. The van der Waals surface area contributed by atoms with Crippen LogP contribution in [-0.2, 0) is 14.3 Å². The Hall–Kier alpha value is -1.63. The van der Waals surface area contributed by atoms with E-state index in [1.807, 2.05) is 6.07 Å². The summed E-state index contributed by atoms with van der Waals surface area (Å²) in [5.74, 6) is -0.400. The van der Waals surface area contributed by atoms with Gasteiger partial charge in [0.2, 0.25) is 11.8 Å². The molecule has 2 fully saturated rings. The normalized spacial score (nSPS) is 23.8. The fourth-order valence-electron chi connectivity index (χ4n) is 2.98. The zero-order chi connectivity index (χ0) is 16.4. The molecule has 2 aliphatic heterocycles. The molecule has 2 aliphatic rings. The molecule has 1 aromatic rings. The van der Waals surface area contributed by atoms with Gasteiger partial charge in [0.15, 0.2) is 0 Å². The SMILES string of the molecule is NC1(C(=O)NC2CCN(c3cccc(Cl)c3)C2=O)CCOCC1. The van der Waals surface area contributed by atoms with Gasteiger partial charge in [-0.05, 0) is 37.5 Å². The van der Waals surface area contributed by atoms with Crippen molar-refractivity contribution in [2.24, 2.45) is 5.73 Å². The number of halogens is 1. The van der Waals surface area contributed by atoms with Gasteiger partial charge in [-0.2, -0.15) is 0 Å². The minimum Gasteiger partial charge on any atom is -0.381 e. The van der Waals surface area contributed by atoms with Gasteiger partial charge in [0, 0.05) is 30.5 Å². The molecule has 0 saturated carbocycles. The van der Waals surface area contributed by atoms with Crippen LogP contribution < -0.4 is 16.0 Å². The van der Waals surface area contributed by atoms with E-state index in [0.717, 1.165) is 5.69 Å². The van der Waals surface area contributed by atoms with Crippen molar-refractivity contribution < 1.29 is 14.3 Å². The van der Waals surface area contributed by atoms with Gasteiger partial charge in [-0.15, -0.1) is 0 Å². The highest BCUT2D eigenvalue weighted by Crippen LogP contribution is 2.25. The molecular weight excluding hydrogens is 318 g/mol. The average molecular weight is 338 g/mol. The molecular formula is C16H20ClN3O3. The highest BCUT2D eigenvalue weighted by atomic mass is 35.5. The first kappa shape index (κ1) is 16.2. The van der Waals surface area contributed by atoms with Crippen LogP contribution in [0.25, 0.3) is 0 Å². The summed E-state index contributed by atoms with van der Waals surface area (Å²) in [6.07, 6.45) is 1.50. The van der Waals surface area contributed by atoms with Crippen molar-refractivity contribution in [2.45, 2.75) is 30.8 Å². The number of hydrogen-bond donors (Lipinski definition) is 2. The van der Waals surface area contributed by atoms with Gasteiger partial charge in [0.1, 0.15) is 6.04 Å². The van der Waals surface area contributed by atoms with E-state index in [1.54, 1.807) is 23.1 Å². The summed E-state index contributed by atoms with van der Waals surface area (Å²) in [6, 6.07) is 6.59. The van der Waals surface area contributed by atoms with Crippen LogP contribution in [-0.4, -0.2) is 43.2 Å². The maximum atomic E-state index is 12.5. The molecule has 23 heavy (non-hydrogen) atoms. The number of amides is 2. The minimum absolute atomic E-state index is 0.128. The predicted molar refractivity (Wildman–Crippen MR) is 87.3 cm³/mol. The van der Waals surface area contributed by atoms with Crippen LogP contribution >= 0.6 is 11.6 Å². The molecule has 1 unspecified atom stereocenters. The van der Waals surface area contributed by atoms with E-state index in [4.69, 9.17) is 22.1 Å². The van der Waals surface area contributed by atoms with Gasteiger partial charge in [0.05, 0.1) is 5.54 Å². The quantitative estimate of drug-likeness (QED) is 0.864. The van der Waals surface area contributed by atoms with E-state index in [-0.39, 0.29) is 11.8 Å². The Kier molecular flexibility index (Phi) is 4.57. The Labute approximate surface area is 139 Å². The van der Waals surface area contributed by atoms with Crippen LogP contribution in [0.15, 0.2) is 24.3 Å². The molecule has 7 heteroatoms. The van der Waals surface area contributed by atoms with Crippen LogP contribution in [0.3, 0.4) is 0 Å². The third-order valence-corrected chi connectivity index (χ3v) is 4.70. The van der Waals surface area contributed by atoms with E-state index in [2.05, 4.69) is 5.32 Å². The summed E-state index contributed by atoms with van der Waals surface area (Å²) in [6.45, 7) is 1.49. The first-order valence-electron chi connectivity index (χ1n) is 7.74. The van der Waals surface area contributed by atoms with Crippen molar-refractivity contribution >= 4 is 29.1 Å². The van der Waals surface area contributed by atoms with Crippen molar-refractivity contribution in [2.75, 3.05) is 24.7 Å². The molecule has 1 aromatic carbocycles. The molecule has 3 N–H and O–H groups in total. The summed E-state index contributed by atoms with van der Waals surface area (Å²) < 4.78 is 5.24. The molecule has 3 rings (SSSR count). The molecule has 0 aliphatic carbocycles. The lowest BCUT2D eigenvalue weighted by Crippen LogP contribution is -2.59. The van der Waals surface area contributed by atoms with Crippen molar-refractivity contribution in [1.82, 2.24) is 5.32 Å². The molecule has 6 nitrogen and oxygen atoms in total. The Morgan fingerprint density at radius 3 is 2.83 bits per heavy atom. The lowest BCUT2D eigenvalue weighted by atomic mass is 9.90. The van der Waals surface area contributed by atoms with Gasteiger partial charge in [-0.25, -0.2) is 0 Å².